The summed E-state index contributed by atoms with van der Waals surface area (Å²) in [5.41, 5.74) is 6.99. The van der Waals surface area contributed by atoms with Crippen molar-refractivity contribution in [1.82, 2.24) is 9.88 Å². The molecule has 0 spiro atoms. The Kier molecular flexibility index (Phi) is 3.70. The van der Waals surface area contributed by atoms with E-state index >= 15 is 0 Å². The molecule has 1 atom stereocenters. The lowest BCUT2D eigenvalue weighted by Gasteiger charge is -2.09. The largest absolute Gasteiger partial charge is 0.343 e. The second-order valence-electron chi connectivity index (χ2n) is 6.85. The van der Waals surface area contributed by atoms with Crippen molar-refractivity contribution in [3.63, 3.8) is 0 Å². The molecule has 0 aliphatic carbocycles. The van der Waals surface area contributed by atoms with Crippen LogP contribution in [0.4, 0.5) is 0 Å². The minimum Gasteiger partial charge on any atom is -0.343 e. The van der Waals surface area contributed by atoms with Crippen LogP contribution in [0.25, 0.3) is 10.9 Å². The van der Waals surface area contributed by atoms with E-state index in [-0.39, 0.29) is 0 Å². The highest BCUT2D eigenvalue weighted by atomic mass is 15.0. The normalized spacial score (nSPS) is 17.9. The van der Waals surface area contributed by atoms with E-state index in [1.54, 1.807) is 0 Å². The summed E-state index contributed by atoms with van der Waals surface area (Å²) in [6.45, 7) is 7.58. The average molecular weight is 304 g/mol. The minimum atomic E-state index is 0.653. The van der Waals surface area contributed by atoms with Crippen LogP contribution in [0.15, 0.2) is 48.7 Å². The number of nitrogens with one attached hydrogen (secondary N) is 1. The molecule has 1 fully saturated rings. The molecule has 2 aromatic carbocycles. The van der Waals surface area contributed by atoms with E-state index in [1.807, 2.05) is 0 Å². The molecule has 0 bridgehead atoms. The number of hydrogen-bond donors (Lipinski definition) is 1. The molecule has 1 aromatic heterocycles. The molecule has 1 saturated heterocycles. The van der Waals surface area contributed by atoms with E-state index in [0.29, 0.717) is 5.92 Å². The number of para-hydroxylation sites is 1. The summed E-state index contributed by atoms with van der Waals surface area (Å²) in [5.74, 6) is 0.653. The number of benzene rings is 2. The Labute approximate surface area is 138 Å². The molecule has 1 unspecified atom stereocenters. The third kappa shape index (κ3) is 2.68. The van der Waals surface area contributed by atoms with Gasteiger partial charge in [0.1, 0.15) is 0 Å². The van der Waals surface area contributed by atoms with Crippen molar-refractivity contribution in [2.24, 2.45) is 0 Å². The van der Waals surface area contributed by atoms with Crippen LogP contribution in [-0.4, -0.2) is 17.7 Å². The summed E-state index contributed by atoms with van der Waals surface area (Å²) in [7, 11) is 0. The Morgan fingerprint density at radius 3 is 2.78 bits per heavy atom. The fourth-order valence-corrected chi connectivity index (χ4v) is 3.86. The van der Waals surface area contributed by atoms with Gasteiger partial charge in [0.05, 0.1) is 0 Å². The minimum absolute atomic E-state index is 0.653. The van der Waals surface area contributed by atoms with Gasteiger partial charge < -0.3 is 9.88 Å². The van der Waals surface area contributed by atoms with Gasteiger partial charge in [0.15, 0.2) is 0 Å². The summed E-state index contributed by atoms with van der Waals surface area (Å²) in [6, 6.07) is 15.6. The van der Waals surface area contributed by atoms with Crippen LogP contribution in [0.2, 0.25) is 0 Å². The fraction of sp³-hybridized carbons (Fsp3) is 0.333. The molecule has 3 aromatic rings. The molecule has 0 saturated carbocycles. The van der Waals surface area contributed by atoms with Gasteiger partial charge >= 0.3 is 0 Å². The van der Waals surface area contributed by atoms with Crippen LogP contribution in [-0.2, 0) is 6.54 Å². The average Bonchev–Trinajstić information content (AvgIpc) is 3.18. The third-order valence-electron chi connectivity index (χ3n) is 5.16. The lowest BCUT2D eigenvalue weighted by Crippen LogP contribution is -2.07. The topological polar surface area (TPSA) is 17.0 Å². The van der Waals surface area contributed by atoms with Crippen molar-refractivity contribution in [2.45, 2.75) is 32.7 Å². The Morgan fingerprint density at radius 1 is 1.13 bits per heavy atom. The van der Waals surface area contributed by atoms with Crippen LogP contribution in [0.3, 0.4) is 0 Å². The highest BCUT2D eigenvalue weighted by molar-refractivity contribution is 5.84. The molecule has 0 amide bonds. The summed E-state index contributed by atoms with van der Waals surface area (Å²) < 4.78 is 2.43. The Hall–Kier alpha value is -2.06. The molecule has 23 heavy (non-hydrogen) atoms. The van der Waals surface area contributed by atoms with E-state index in [2.05, 4.69) is 72.4 Å². The molecule has 2 nitrogen and oxygen atoms in total. The SMILES string of the molecule is Cc1ccc(Cn2cc(C3CCNC3)c3ccccc32)c(C)c1. The summed E-state index contributed by atoms with van der Waals surface area (Å²) in [6.07, 6.45) is 3.64. The van der Waals surface area contributed by atoms with Gasteiger partial charge in [-0.15, -0.1) is 0 Å². The zero-order chi connectivity index (χ0) is 15.8. The van der Waals surface area contributed by atoms with Crippen molar-refractivity contribution < 1.29 is 0 Å². The van der Waals surface area contributed by atoms with Gasteiger partial charge in [-0.1, -0.05) is 42.0 Å². The molecule has 1 aliphatic rings. The molecular weight excluding hydrogens is 280 g/mol. The number of aromatic nitrogens is 1. The molecule has 4 rings (SSSR count). The van der Waals surface area contributed by atoms with Gasteiger partial charge in [0.2, 0.25) is 0 Å². The first-order chi connectivity index (χ1) is 11.2. The van der Waals surface area contributed by atoms with Crippen molar-refractivity contribution in [3.8, 4) is 0 Å². The fourth-order valence-electron chi connectivity index (χ4n) is 3.86. The Bertz CT molecular complexity index is 838. The molecule has 118 valence electrons. The third-order valence-corrected chi connectivity index (χ3v) is 5.16. The van der Waals surface area contributed by atoms with Crippen LogP contribution in [0.5, 0.6) is 0 Å². The highest BCUT2D eigenvalue weighted by Gasteiger charge is 2.21. The van der Waals surface area contributed by atoms with Crippen LogP contribution in [0, 0.1) is 13.8 Å². The lowest BCUT2D eigenvalue weighted by molar-refractivity contribution is 0.753. The zero-order valence-electron chi connectivity index (χ0n) is 14.0. The monoisotopic (exact) mass is 304 g/mol. The maximum atomic E-state index is 3.50. The van der Waals surface area contributed by atoms with Crippen LogP contribution in [0.1, 0.15) is 34.6 Å². The predicted molar refractivity (Wildman–Crippen MR) is 97.2 cm³/mol. The first-order valence-corrected chi connectivity index (χ1v) is 8.57. The summed E-state index contributed by atoms with van der Waals surface area (Å²) in [4.78, 5) is 0. The van der Waals surface area contributed by atoms with E-state index in [9.17, 15) is 0 Å². The van der Waals surface area contributed by atoms with Crippen LogP contribution < -0.4 is 5.32 Å². The predicted octanol–water partition coefficient (Wildman–Crippen LogP) is 4.38. The van der Waals surface area contributed by atoms with Gasteiger partial charge in [-0.05, 0) is 55.5 Å². The number of fused-ring (bicyclic) bond motifs is 1. The van der Waals surface area contributed by atoms with Gasteiger partial charge in [-0.25, -0.2) is 0 Å². The van der Waals surface area contributed by atoms with E-state index < -0.39 is 0 Å². The summed E-state index contributed by atoms with van der Waals surface area (Å²) >= 11 is 0. The van der Waals surface area contributed by atoms with E-state index in [0.717, 1.165) is 19.6 Å². The van der Waals surface area contributed by atoms with Gasteiger partial charge in [-0.2, -0.15) is 0 Å². The molecule has 1 N–H and O–H groups in total. The van der Waals surface area contributed by atoms with Crippen LogP contribution >= 0.6 is 0 Å². The Morgan fingerprint density at radius 2 is 2.00 bits per heavy atom. The zero-order valence-corrected chi connectivity index (χ0v) is 14.0. The summed E-state index contributed by atoms with van der Waals surface area (Å²) in [5, 5.41) is 4.92. The number of rotatable bonds is 3. The molecule has 1 aliphatic heterocycles. The Balaban J connectivity index is 1.77. The lowest BCUT2D eigenvalue weighted by atomic mass is 9.98. The van der Waals surface area contributed by atoms with Gasteiger partial charge in [0, 0.05) is 30.2 Å². The number of aryl methyl sites for hydroxylation is 2. The first kappa shape index (κ1) is 14.5. The maximum Gasteiger partial charge on any atom is 0.0486 e. The van der Waals surface area contributed by atoms with E-state index in [4.69, 9.17) is 0 Å². The van der Waals surface area contributed by atoms with E-state index in [1.165, 1.54) is 39.6 Å². The quantitative estimate of drug-likeness (QED) is 0.759. The smallest absolute Gasteiger partial charge is 0.0486 e. The number of hydrogen-bond acceptors (Lipinski definition) is 1. The maximum absolute atomic E-state index is 3.50. The number of nitrogens with zero attached hydrogens (tertiary/aromatic N) is 1. The molecule has 2 heteroatoms. The van der Waals surface area contributed by atoms with Gasteiger partial charge in [0.25, 0.3) is 0 Å². The standard InChI is InChI=1S/C21H24N2/c1-15-7-8-18(16(2)11-15)13-23-14-20(17-9-10-22-12-17)19-5-3-4-6-21(19)23/h3-8,11,14,17,22H,9-10,12-13H2,1-2H3. The second-order valence-corrected chi connectivity index (χ2v) is 6.85. The van der Waals surface area contributed by atoms with Gasteiger partial charge in [-0.3, -0.25) is 0 Å². The van der Waals surface area contributed by atoms with Crippen molar-refractivity contribution in [2.75, 3.05) is 13.1 Å². The second kappa shape index (κ2) is 5.86. The highest BCUT2D eigenvalue weighted by Crippen LogP contribution is 2.31. The molecule has 0 radical (unpaired) electrons. The van der Waals surface area contributed by atoms with Crippen molar-refractivity contribution >= 4 is 10.9 Å². The first-order valence-electron chi connectivity index (χ1n) is 8.57. The molecular formula is C21H24N2. The molecule has 2 heterocycles. The van der Waals surface area contributed by atoms with Crippen molar-refractivity contribution in [3.05, 3.63) is 70.9 Å². The van der Waals surface area contributed by atoms with Crippen molar-refractivity contribution in [1.29, 1.82) is 0 Å².